The summed E-state index contributed by atoms with van der Waals surface area (Å²) in [6.45, 7) is 0.917. The maximum absolute atomic E-state index is 12.1. The van der Waals surface area contributed by atoms with Crippen LogP contribution in [0, 0.1) is 0 Å². The van der Waals surface area contributed by atoms with Gasteiger partial charge < -0.3 is 14.4 Å². The van der Waals surface area contributed by atoms with Gasteiger partial charge in [0.05, 0.1) is 25.8 Å². The molecule has 0 aliphatic carbocycles. The predicted octanol–water partition coefficient (Wildman–Crippen LogP) is -0.509. The van der Waals surface area contributed by atoms with Crippen molar-refractivity contribution in [2.45, 2.75) is 6.10 Å². The number of carbonyl (C=O) groups excluding carboxylic acids is 2. The molecule has 0 aromatic carbocycles. The molecule has 18 heavy (non-hydrogen) atoms. The fourth-order valence-electron chi connectivity index (χ4n) is 1.70. The number of morpholine rings is 1. The van der Waals surface area contributed by atoms with E-state index < -0.39 is 12.1 Å². The monoisotopic (exact) mass is 251 g/mol. The summed E-state index contributed by atoms with van der Waals surface area (Å²) in [7, 11) is 1.29. The molecule has 96 valence electrons. The SMILES string of the molecule is COC(=O)C1CN(C(=O)c2cncnc2)CCO1. The third-order valence-electron chi connectivity index (χ3n) is 2.63. The first-order valence-corrected chi connectivity index (χ1v) is 5.46. The maximum atomic E-state index is 12.1. The highest BCUT2D eigenvalue weighted by Gasteiger charge is 2.30. The Hall–Kier alpha value is -2.02. The fourth-order valence-corrected chi connectivity index (χ4v) is 1.70. The first-order chi connectivity index (χ1) is 8.72. The quantitative estimate of drug-likeness (QED) is 0.658. The van der Waals surface area contributed by atoms with Crippen molar-refractivity contribution in [3.8, 4) is 0 Å². The molecular weight excluding hydrogens is 238 g/mol. The van der Waals surface area contributed by atoms with E-state index in [0.717, 1.165) is 0 Å². The van der Waals surface area contributed by atoms with Gasteiger partial charge in [0, 0.05) is 18.9 Å². The summed E-state index contributed by atoms with van der Waals surface area (Å²) >= 11 is 0. The van der Waals surface area contributed by atoms with Crippen LogP contribution in [0.4, 0.5) is 0 Å². The van der Waals surface area contributed by atoms with Crippen LogP contribution in [0.3, 0.4) is 0 Å². The van der Waals surface area contributed by atoms with E-state index in [-0.39, 0.29) is 12.5 Å². The van der Waals surface area contributed by atoms with Crippen molar-refractivity contribution in [1.82, 2.24) is 14.9 Å². The van der Waals surface area contributed by atoms with Gasteiger partial charge >= 0.3 is 5.97 Å². The summed E-state index contributed by atoms with van der Waals surface area (Å²) in [6.07, 6.45) is 3.51. The molecule has 1 unspecified atom stereocenters. The van der Waals surface area contributed by atoms with Crippen LogP contribution in [0.15, 0.2) is 18.7 Å². The normalized spacial score (nSPS) is 19.4. The number of hydrogen-bond acceptors (Lipinski definition) is 6. The number of nitrogens with zero attached hydrogens (tertiary/aromatic N) is 3. The lowest BCUT2D eigenvalue weighted by atomic mass is 10.2. The smallest absolute Gasteiger partial charge is 0.336 e. The number of ether oxygens (including phenoxy) is 2. The molecule has 1 aliphatic rings. The zero-order valence-corrected chi connectivity index (χ0v) is 9.91. The Morgan fingerprint density at radius 3 is 2.83 bits per heavy atom. The van der Waals surface area contributed by atoms with Crippen LogP contribution in [-0.4, -0.2) is 59.7 Å². The van der Waals surface area contributed by atoms with Crippen molar-refractivity contribution in [2.24, 2.45) is 0 Å². The maximum Gasteiger partial charge on any atom is 0.336 e. The standard InChI is InChI=1S/C11H13N3O4/c1-17-11(16)9-6-14(2-3-18-9)10(15)8-4-12-7-13-5-8/h4-5,7,9H,2-3,6H2,1H3. The van der Waals surface area contributed by atoms with Crippen LogP contribution in [0.25, 0.3) is 0 Å². The van der Waals surface area contributed by atoms with Gasteiger partial charge in [-0.3, -0.25) is 4.79 Å². The van der Waals surface area contributed by atoms with Gasteiger partial charge in [0.1, 0.15) is 6.33 Å². The van der Waals surface area contributed by atoms with Gasteiger partial charge in [0.15, 0.2) is 6.10 Å². The largest absolute Gasteiger partial charge is 0.467 e. The lowest BCUT2D eigenvalue weighted by Crippen LogP contribution is -2.48. The van der Waals surface area contributed by atoms with Crippen molar-refractivity contribution in [3.63, 3.8) is 0 Å². The van der Waals surface area contributed by atoms with Crippen LogP contribution in [0.1, 0.15) is 10.4 Å². The highest BCUT2D eigenvalue weighted by atomic mass is 16.6. The van der Waals surface area contributed by atoms with Gasteiger partial charge in [-0.25, -0.2) is 14.8 Å². The van der Waals surface area contributed by atoms with Gasteiger partial charge in [-0.15, -0.1) is 0 Å². The molecule has 1 aromatic rings. The van der Waals surface area contributed by atoms with Crippen molar-refractivity contribution in [2.75, 3.05) is 26.8 Å². The molecule has 2 rings (SSSR count). The molecule has 1 saturated heterocycles. The minimum absolute atomic E-state index is 0.181. The molecule has 7 nitrogen and oxygen atoms in total. The van der Waals surface area contributed by atoms with Crippen molar-refractivity contribution < 1.29 is 19.1 Å². The minimum Gasteiger partial charge on any atom is -0.467 e. The highest BCUT2D eigenvalue weighted by Crippen LogP contribution is 2.10. The van der Waals surface area contributed by atoms with Crippen molar-refractivity contribution >= 4 is 11.9 Å². The molecule has 0 bridgehead atoms. The van der Waals surface area contributed by atoms with E-state index in [1.54, 1.807) is 0 Å². The molecule has 0 spiro atoms. The number of methoxy groups -OCH3 is 1. The van der Waals surface area contributed by atoms with E-state index in [0.29, 0.717) is 18.7 Å². The van der Waals surface area contributed by atoms with Crippen LogP contribution in [0.2, 0.25) is 0 Å². The highest BCUT2D eigenvalue weighted by molar-refractivity contribution is 5.94. The number of amides is 1. The number of esters is 1. The Morgan fingerprint density at radius 1 is 1.44 bits per heavy atom. The third-order valence-corrected chi connectivity index (χ3v) is 2.63. The first-order valence-electron chi connectivity index (χ1n) is 5.46. The number of aromatic nitrogens is 2. The molecule has 1 aromatic heterocycles. The molecule has 2 heterocycles. The van der Waals surface area contributed by atoms with Crippen LogP contribution < -0.4 is 0 Å². The summed E-state index contributed by atoms with van der Waals surface area (Å²) in [4.78, 5) is 32.6. The Morgan fingerprint density at radius 2 is 2.17 bits per heavy atom. The molecular formula is C11H13N3O4. The second kappa shape index (κ2) is 5.54. The molecule has 1 aliphatic heterocycles. The fraction of sp³-hybridized carbons (Fsp3) is 0.455. The molecule has 0 radical (unpaired) electrons. The Labute approximate surface area is 104 Å². The molecule has 0 N–H and O–H groups in total. The van der Waals surface area contributed by atoms with E-state index in [2.05, 4.69) is 14.7 Å². The van der Waals surface area contributed by atoms with Gasteiger partial charge in [-0.05, 0) is 0 Å². The topological polar surface area (TPSA) is 81.6 Å². The number of rotatable bonds is 2. The number of hydrogen-bond donors (Lipinski definition) is 0. The summed E-state index contributed by atoms with van der Waals surface area (Å²) in [5, 5.41) is 0. The van der Waals surface area contributed by atoms with Gasteiger partial charge in [-0.2, -0.15) is 0 Å². The summed E-state index contributed by atoms with van der Waals surface area (Å²) < 4.78 is 9.84. The molecule has 1 atom stereocenters. The van der Waals surface area contributed by atoms with Crippen LogP contribution >= 0.6 is 0 Å². The number of carbonyl (C=O) groups is 2. The average Bonchev–Trinajstić information content (AvgIpc) is 2.46. The van der Waals surface area contributed by atoms with E-state index in [1.165, 1.54) is 30.7 Å². The Bertz CT molecular complexity index is 437. The predicted molar refractivity (Wildman–Crippen MR) is 59.7 cm³/mol. The zero-order valence-electron chi connectivity index (χ0n) is 9.91. The van der Waals surface area contributed by atoms with Gasteiger partial charge in [-0.1, -0.05) is 0 Å². The zero-order chi connectivity index (χ0) is 13.0. The van der Waals surface area contributed by atoms with E-state index >= 15 is 0 Å². The Balaban J connectivity index is 2.05. The van der Waals surface area contributed by atoms with Crippen LogP contribution in [0.5, 0.6) is 0 Å². The lowest BCUT2D eigenvalue weighted by Gasteiger charge is -2.31. The first kappa shape index (κ1) is 12.4. The van der Waals surface area contributed by atoms with Crippen LogP contribution in [-0.2, 0) is 14.3 Å². The molecule has 0 saturated carbocycles. The molecule has 1 fully saturated rings. The lowest BCUT2D eigenvalue weighted by molar-refractivity contribution is -0.158. The van der Waals surface area contributed by atoms with Gasteiger partial charge in [0.2, 0.25) is 0 Å². The van der Waals surface area contributed by atoms with Crippen molar-refractivity contribution in [1.29, 1.82) is 0 Å². The molecule has 7 heteroatoms. The van der Waals surface area contributed by atoms with Gasteiger partial charge in [0.25, 0.3) is 5.91 Å². The third kappa shape index (κ3) is 2.62. The average molecular weight is 251 g/mol. The van der Waals surface area contributed by atoms with Crippen molar-refractivity contribution in [3.05, 3.63) is 24.3 Å². The van der Waals surface area contributed by atoms with E-state index in [9.17, 15) is 9.59 Å². The second-order valence-corrected chi connectivity index (χ2v) is 3.76. The second-order valence-electron chi connectivity index (χ2n) is 3.76. The Kier molecular flexibility index (Phi) is 3.83. The molecule has 1 amide bonds. The minimum atomic E-state index is -0.725. The van der Waals surface area contributed by atoms with E-state index in [1.807, 2.05) is 0 Å². The summed E-state index contributed by atoms with van der Waals surface area (Å²) in [5.41, 5.74) is 0.392. The summed E-state index contributed by atoms with van der Waals surface area (Å²) in [5.74, 6) is -0.690. The summed E-state index contributed by atoms with van der Waals surface area (Å²) in [6, 6.07) is 0. The van der Waals surface area contributed by atoms with E-state index in [4.69, 9.17) is 4.74 Å².